The van der Waals surface area contributed by atoms with Crippen molar-refractivity contribution in [1.82, 2.24) is 15.0 Å². The maximum atomic E-state index is 11.0. The van der Waals surface area contributed by atoms with Crippen molar-refractivity contribution in [3.05, 3.63) is 11.4 Å². The molecule has 2 aliphatic carbocycles. The average molecular weight is 193 g/mol. The van der Waals surface area contributed by atoms with Crippen molar-refractivity contribution in [3.8, 4) is 0 Å². The van der Waals surface area contributed by atoms with Crippen molar-refractivity contribution in [1.29, 1.82) is 0 Å². The number of aromatic nitrogens is 3. The molecule has 5 heteroatoms. The standard InChI is InChI=1S/C9H11N3O2/c13-9(14)6-3-4-7-8(6)12(11-10-7)5-1-2-5/h5-6H,1-4H2,(H,13,14). The minimum absolute atomic E-state index is 0.374. The van der Waals surface area contributed by atoms with Gasteiger partial charge >= 0.3 is 5.97 Å². The fourth-order valence-electron chi connectivity index (χ4n) is 2.12. The molecule has 0 bridgehead atoms. The first-order valence-corrected chi connectivity index (χ1v) is 4.94. The molecule has 1 heterocycles. The average Bonchev–Trinajstić information content (AvgIpc) is 2.77. The lowest BCUT2D eigenvalue weighted by Crippen LogP contribution is -2.13. The molecule has 3 rings (SSSR count). The minimum atomic E-state index is -0.743. The Balaban J connectivity index is 2.05. The number of hydrogen-bond donors (Lipinski definition) is 1. The zero-order chi connectivity index (χ0) is 9.71. The SMILES string of the molecule is O=C(O)C1CCc2nnn(C3CC3)c21. The van der Waals surface area contributed by atoms with Crippen molar-refractivity contribution in [3.63, 3.8) is 0 Å². The lowest BCUT2D eigenvalue weighted by atomic mass is 10.1. The number of nitrogens with zero attached hydrogens (tertiary/aromatic N) is 3. The number of aryl methyl sites for hydroxylation is 1. The highest BCUT2D eigenvalue weighted by Gasteiger charge is 2.38. The zero-order valence-corrected chi connectivity index (χ0v) is 7.68. The molecule has 2 aliphatic rings. The highest BCUT2D eigenvalue weighted by Crippen LogP contribution is 2.40. The molecule has 1 aromatic rings. The summed E-state index contributed by atoms with van der Waals surface area (Å²) in [7, 11) is 0. The monoisotopic (exact) mass is 193 g/mol. The van der Waals surface area contributed by atoms with Gasteiger partial charge in [0.15, 0.2) is 0 Å². The van der Waals surface area contributed by atoms with Crippen LogP contribution in [0.5, 0.6) is 0 Å². The van der Waals surface area contributed by atoms with E-state index in [1.165, 1.54) is 0 Å². The highest BCUT2D eigenvalue weighted by atomic mass is 16.4. The summed E-state index contributed by atoms with van der Waals surface area (Å²) >= 11 is 0. The van der Waals surface area contributed by atoms with Crippen LogP contribution in [-0.4, -0.2) is 26.1 Å². The third-order valence-electron chi connectivity index (χ3n) is 3.00. The summed E-state index contributed by atoms with van der Waals surface area (Å²) in [5.74, 6) is -1.12. The summed E-state index contributed by atoms with van der Waals surface area (Å²) in [5.41, 5.74) is 1.75. The van der Waals surface area contributed by atoms with E-state index in [1.54, 1.807) is 0 Å². The van der Waals surface area contributed by atoms with Crippen LogP contribution < -0.4 is 0 Å². The summed E-state index contributed by atoms with van der Waals surface area (Å²) in [6, 6.07) is 0.422. The molecule has 0 saturated heterocycles. The number of aliphatic carboxylic acids is 1. The van der Waals surface area contributed by atoms with Crippen LogP contribution in [0.2, 0.25) is 0 Å². The van der Waals surface area contributed by atoms with E-state index in [1.807, 2.05) is 4.68 Å². The Hall–Kier alpha value is -1.39. The molecule has 1 fully saturated rings. The minimum Gasteiger partial charge on any atom is -0.481 e. The van der Waals surface area contributed by atoms with E-state index in [2.05, 4.69) is 10.3 Å². The Bertz CT molecular complexity index is 395. The third-order valence-corrected chi connectivity index (χ3v) is 3.00. The molecule has 14 heavy (non-hydrogen) atoms. The fourth-order valence-corrected chi connectivity index (χ4v) is 2.12. The van der Waals surface area contributed by atoms with Crippen LogP contribution in [0.15, 0.2) is 0 Å². The van der Waals surface area contributed by atoms with Crippen molar-refractivity contribution in [2.24, 2.45) is 0 Å². The molecule has 74 valence electrons. The molecule has 1 atom stereocenters. The van der Waals surface area contributed by atoms with Crippen molar-refractivity contribution >= 4 is 5.97 Å². The van der Waals surface area contributed by atoms with Crippen LogP contribution in [0.25, 0.3) is 0 Å². The van der Waals surface area contributed by atoms with E-state index < -0.39 is 5.97 Å². The van der Waals surface area contributed by atoms with Crippen LogP contribution in [0.3, 0.4) is 0 Å². The van der Waals surface area contributed by atoms with E-state index >= 15 is 0 Å². The molecule has 1 N–H and O–H groups in total. The predicted molar refractivity (Wildman–Crippen MR) is 47.0 cm³/mol. The summed E-state index contributed by atoms with van der Waals surface area (Å²) in [5, 5.41) is 17.1. The second-order valence-electron chi connectivity index (χ2n) is 4.03. The van der Waals surface area contributed by atoms with E-state index in [0.717, 1.165) is 30.7 Å². The predicted octanol–water partition coefficient (Wildman–Crippen LogP) is 0.727. The van der Waals surface area contributed by atoms with Gasteiger partial charge in [-0.05, 0) is 25.7 Å². The Morgan fingerprint density at radius 2 is 2.21 bits per heavy atom. The molecule has 1 aromatic heterocycles. The topological polar surface area (TPSA) is 68.0 Å². The molecule has 0 amide bonds. The number of carboxylic acid groups (broad SMARTS) is 1. The summed E-state index contributed by atoms with van der Waals surface area (Å²) in [4.78, 5) is 11.0. The number of rotatable bonds is 2. The van der Waals surface area contributed by atoms with Crippen LogP contribution in [0, 0.1) is 0 Å². The molecule has 0 aliphatic heterocycles. The van der Waals surface area contributed by atoms with Gasteiger partial charge in [0.05, 0.1) is 17.4 Å². The van der Waals surface area contributed by atoms with E-state index in [9.17, 15) is 4.79 Å². The van der Waals surface area contributed by atoms with Gasteiger partial charge < -0.3 is 5.11 Å². The smallest absolute Gasteiger partial charge is 0.312 e. The highest BCUT2D eigenvalue weighted by molar-refractivity contribution is 5.76. The number of hydrogen-bond acceptors (Lipinski definition) is 3. The Labute approximate surface area is 80.7 Å². The maximum absolute atomic E-state index is 11.0. The van der Waals surface area contributed by atoms with Gasteiger partial charge in [-0.2, -0.15) is 0 Å². The lowest BCUT2D eigenvalue weighted by Gasteiger charge is -2.07. The fraction of sp³-hybridized carbons (Fsp3) is 0.667. The van der Waals surface area contributed by atoms with Crippen molar-refractivity contribution < 1.29 is 9.90 Å². The molecule has 0 spiro atoms. The Morgan fingerprint density at radius 3 is 2.86 bits per heavy atom. The van der Waals surface area contributed by atoms with Gasteiger partial charge in [0, 0.05) is 0 Å². The Kier molecular flexibility index (Phi) is 1.45. The molecule has 0 radical (unpaired) electrons. The first kappa shape index (κ1) is 7.96. The molecule has 1 unspecified atom stereocenters. The van der Waals surface area contributed by atoms with E-state index in [0.29, 0.717) is 12.5 Å². The maximum Gasteiger partial charge on any atom is 0.312 e. The summed E-state index contributed by atoms with van der Waals surface area (Å²) in [6.45, 7) is 0. The lowest BCUT2D eigenvalue weighted by molar-refractivity contribution is -0.138. The summed E-state index contributed by atoms with van der Waals surface area (Å²) < 4.78 is 1.83. The molecule has 1 saturated carbocycles. The third kappa shape index (κ3) is 0.981. The zero-order valence-electron chi connectivity index (χ0n) is 7.68. The quantitative estimate of drug-likeness (QED) is 0.751. The van der Waals surface area contributed by atoms with Crippen molar-refractivity contribution in [2.75, 3.05) is 0 Å². The normalized spacial score (nSPS) is 25.0. The van der Waals surface area contributed by atoms with E-state index in [4.69, 9.17) is 5.11 Å². The van der Waals surface area contributed by atoms with Gasteiger partial charge in [0.2, 0.25) is 0 Å². The van der Waals surface area contributed by atoms with Gasteiger partial charge in [-0.15, -0.1) is 5.10 Å². The second-order valence-corrected chi connectivity index (χ2v) is 4.03. The van der Waals surface area contributed by atoms with Crippen molar-refractivity contribution in [2.45, 2.75) is 37.6 Å². The molecular weight excluding hydrogens is 182 g/mol. The Morgan fingerprint density at radius 1 is 1.43 bits per heavy atom. The molecule has 5 nitrogen and oxygen atoms in total. The molecular formula is C9H11N3O2. The van der Waals surface area contributed by atoms with Crippen LogP contribution in [-0.2, 0) is 11.2 Å². The van der Waals surface area contributed by atoms with Gasteiger partial charge in [0.1, 0.15) is 5.92 Å². The second kappa shape index (κ2) is 2.56. The first-order chi connectivity index (χ1) is 6.77. The van der Waals surface area contributed by atoms with E-state index in [-0.39, 0.29) is 5.92 Å². The van der Waals surface area contributed by atoms with Gasteiger partial charge in [-0.1, -0.05) is 5.21 Å². The first-order valence-electron chi connectivity index (χ1n) is 4.94. The van der Waals surface area contributed by atoms with Crippen LogP contribution >= 0.6 is 0 Å². The largest absolute Gasteiger partial charge is 0.481 e. The van der Waals surface area contributed by atoms with Crippen LogP contribution in [0.1, 0.15) is 42.6 Å². The number of fused-ring (bicyclic) bond motifs is 1. The number of carbonyl (C=O) groups is 1. The number of carboxylic acids is 1. The summed E-state index contributed by atoms with van der Waals surface area (Å²) in [6.07, 6.45) is 3.67. The van der Waals surface area contributed by atoms with Gasteiger partial charge in [0.25, 0.3) is 0 Å². The molecule has 0 aromatic carbocycles. The van der Waals surface area contributed by atoms with Gasteiger partial charge in [-0.25, -0.2) is 4.68 Å². The van der Waals surface area contributed by atoms with Crippen LogP contribution in [0.4, 0.5) is 0 Å². The van der Waals surface area contributed by atoms with Gasteiger partial charge in [-0.3, -0.25) is 4.79 Å².